The molecule has 0 aromatic heterocycles. The number of hydrogen-bond acceptors (Lipinski definition) is 4. The lowest BCUT2D eigenvalue weighted by molar-refractivity contribution is -0.0778. The first-order valence-corrected chi connectivity index (χ1v) is 8.18. The molecule has 6 nitrogen and oxygen atoms in total. The highest BCUT2D eigenvalue weighted by atomic mass is 16.6. The molecule has 1 saturated heterocycles. The monoisotopic (exact) mass is 333 g/mol. The minimum Gasteiger partial charge on any atom is -0.478 e. The summed E-state index contributed by atoms with van der Waals surface area (Å²) in [7, 11) is 0. The smallest absolute Gasteiger partial charge is 0.411 e. The van der Waals surface area contributed by atoms with E-state index in [1.807, 2.05) is 26.8 Å². The number of carbonyl (C=O) groups excluding carboxylic acids is 1. The summed E-state index contributed by atoms with van der Waals surface area (Å²) in [4.78, 5) is 25.8. The van der Waals surface area contributed by atoms with Gasteiger partial charge in [0.2, 0.25) is 0 Å². The summed E-state index contributed by atoms with van der Waals surface area (Å²) >= 11 is 0. The molecule has 3 rings (SSSR count). The highest BCUT2D eigenvalue weighted by Crippen LogP contribution is 2.44. The molecule has 1 N–H and O–H groups in total. The first-order valence-electron chi connectivity index (χ1n) is 8.18. The van der Waals surface area contributed by atoms with Crippen molar-refractivity contribution in [2.24, 2.45) is 0 Å². The van der Waals surface area contributed by atoms with Gasteiger partial charge in [-0.1, -0.05) is 6.07 Å². The van der Waals surface area contributed by atoms with Crippen LogP contribution in [0.5, 0.6) is 0 Å². The van der Waals surface area contributed by atoms with Gasteiger partial charge >= 0.3 is 12.1 Å². The van der Waals surface area contributed by atoms with Gasteiger partial charge in [0.1, 0.15) is 5.60 Å². The second kappa shape index (κ2) is 5.77. The second-order valence-corrected chi connectivity index (χ2v) is 7.39. The number of amides is 1. The number of aromatic carboxylic acids is 1. The standard InChI is InChI=1S/C18H23NO5/c1-17(2,3)24-16(22)19-8-9-23-11-18(19)7-6-12-4-5-13(15(20)21)10-14(12)18/h4-5,10H,6-9,11H2,1-3H3,(H,20,21)/t18-/m1/s1. The number of fused-ring (bicyclic) bond motifs is 2. The molecule has 0 unspecified atom stereocenters. The van der Waals surface area contributed by atoms with E-state index in [1.165, 1.54) is 0 Å². The van der Waals surface area contributed by atoms with Crippen LogP contribution in [0.3, 0.4) is 0 Å². The van der Waals surface area contributed by atoms with Crippen LogP contribution >= 0.6 is 0 Å². The molecule has 1 atom stereocenters. The third kappa shape index (κ3) is 2.86. The zero-order chi connectivity index (χ0) is 17.5. The van der Waals surface area contributed by atoms with E-state index < -0.39 is 17.1 Å². The Hall–Kier alpha value is -2.08. The molecule has 1 heterocycles. The van der Waals surface area contributed by atoms with Gasteiger partial charge in [-0.05, 0) is 56.9 Å². The molecule has 1 spiro atoms. The number of hydrogen-bond donors (Lipinski definition) is 1. The third-order valence-corrected chi connectivity index (χ3v) is 4.60. The van der Waals surface area contributed by atoms with Crippen LogP contribution in [0.25, 0.3) is 0 Å². The maximum Gasteiger partial charge on any atom is 0.411 e. The van der Waals surface area contributed by atoms with Crippen molar-refractivity contribution in [3.63, 3.8) is 0 Å². The average molecular weight is 333 g/mol. The molecule has 0 bridgehead atoms. The topological polar surface area (TPSA) is 76.1 Å². The van der Waals surface area contributed by atoms with Gasteiger partial charge in [0.05, 0.1) is 24.3 Å². The summed E-state index contributed by atoms with van der Waals surface area (Å²) in [6.45, 7) is 6.76. The molecule has 1 aromatic rings. The maximum atomic E-state index is 12.7. The Balaban J connectivity index is 2.01. The summed E-state index contributed by atoms with van der Waals surface area (Å²) < 4.78 is 11.2. The Labute approximate surface area is 141 Å². The molecule has 1 aliphatic heterocycles. The van der Waals surface area contributed by atoms with Crippen molar-refractivity contribution in [1.29, 1.82) is 0 Å². The molecule has 2 aliphatic rings. The van der Waals surface area contributed by atoms with E-state index in [9.17, 15) is 14.7 Å². The third-order valence-electron chi connectivity index (χ3n) is 4.60. The number of benzene rings is 1. The van der Waals surface area contributed by atoms with Crippen molar-refractivity contribution >= 4 is 12.1 Å². The van der Waals surface area contributed by atoms with Gasteiger partial charge in [0.25, 0.3) is 0 Å². The Morgan fingerprint density at radius 2 is 2.08 bits per heavy atom. The van der Waals surface area contributed by atoms with Gasteiger partial charge in [-0.3, -0.25) is 4.90 Å². The maximum absolute atomic E-state index is 12.7. The van der Waals surface area contributed by atoms with Crippen LogP contribution in [-0.4, -0.2) is 47.4 Å². The van der Waals surface area contributed by atoms with Gasteiger partial charge in [-0.25, -0.2) is 9.59 Å². The van der Waals surface area contributed by atoms with E-state index in [0.29, 0.717) is 26.2 Å². The summed E-state index contributed by atoms with van der Waals surface area (Å²) in [5.74, 6) is -0.972. The van der Waals surface area contributed by atoms with Crippen LogP contribution in [0, 0.1) is 0 Å². The van der Waals surface area contributed by atoms with Crippen LogP contribution in [0.2, 0.25) is 0 Å². The summed E-state index contributed by atoms with van der Waals surface area (Å²) in [5.41, 5.74) is 0.944. The molecular formula is C18H23NO5. The Bertz CT molecular complexity index is 674. The van der Waals surface area contributed by atoms with Gasteiger partial charge in [0, 0.05) is 6.54 Å². The highest BCUT2D eigenvalue weighted by Gasteiger charge is 2.49. The molecule has 1 aromatic carbocycles. The first kappa shape index (κ1) is 16.8. The minimum absolute atomic E-state index is 0.227. The van der Waals surface area contributed by atoms with Gasteiger partial charge in [-0.2, -0.15) is 0 Å². The Kier molecular flexibility index (Phi) is 4.03. The minimum atomic E-state index is -0.972. The summed E-state index contributed by atoms with van der Waals surface area (Å²) in [6, 6.07) is 5.13. The van der Waals surface area contributed by atoms with Crippen LogP contribution in [0.4, 0.5) is 4.79 Å². The Morgan fingerprint density at radius 3 is 2.75 bits per heavy atom. The number of morpholine rings is 1. The van der Waals surface area contributed by atoms with E-state index in [0.717, 1.165) is 17.5 Å². The fourth-order valence-electron chi connectivity index (χ4n) is 3.54. The molecule has 6 heteroatoms. The van der Waals surface area contributed by atoms with E-state index in [2.05, 4.69) is 0 Å². The van der Waals surface area contributed by atoms with Crippen molar-refractivity contribution in [1.82, 2.24) is 4.90 Å². The molecule has 130 valence electrons. The molecule has 1 aliphatic carbocycles. The van der Waals surface area contributed by atoms with Crippen LogP contribution < -0.4 is 0 Å². The van der Waals surface area contributed by atoms with Gasteiger partial charge in [-0.15, -0.1) is 0 Å². The fraction of sp³-hybridized carbons (Fsp3) is 0.556. The average Bonchev–Trinajstić information content (AvgIpc) is 2.84. The molecule has 0 saturated carbocycles. The van der Waals surface area contributed by atoms with E-state index in [-0.39, 0.29) is 11.7 Å². The lowest BCUT2D eigenvalue weighted by Crippen LogP contribution is -2.56. The van der Waals surface area contributed by atoms with Crippen molar-refractivity contribution in [2.75, 3.05) is 19.8 Å². The summed E-state index contributed by atoms with van der Waals surface area (Å²) in [6.07, 6.45) is 1.13. The fourth-order valence-corrected chi connectivity index (χ4v) is 3.54. The molecule has 0 radical (unpaired) electrons. The van der Waals surface area contributed by atoms with Crippen LogP contribution in [0.15, 0.2) is 18.2 Å². The molecule has 24 heavy (non-hydrogen) atoms. The predicted molar refractivity (Wildman–Crippen MR) is 87.2 cm³/mol. The number of carbonyl (C=O) groups is 2. The van der Waals surface area contributed by atoms with Gasteiger partial charge in [0.15, 0.2) is 0 Å². The zero-order valence-corrected chi connectivity index (χ0v) is 14.3. The lowest BCUT2D eigenvalue weighted by Gasteiger charge is -2.45. The number of carboxylic acid groups (broad SMARTS) is 1. The number of rotatable bonds is 1. The highest BCUT2D eigenvalue weighted by molar-refractivity contribution is 5.88. The van der Waals surface area contributed by atoms with E-state index >= 15 is 0 Å². The zero-order valence-electron chi connectivity index (χ0n) is 14.3. The van der Waals surface area contributed by atoms with Crippen molar-refractivity contribution in [3.05, 3.63) is 34.9 Å². The Morgan fingerprint density at radius 1 is 1.33 bits per heavy atom. The first-order chi connectivity index (χ1) is 11.2. The normalized spacial score (nSPS) is 23.2. The predicted octanol–water partition coefficient (Wildman–Crippen LogP) is 2.79. The van der Waals surface area contributed by atoms with Crippen LogP contribution in [-0.2, 0) is 21.4 Å². The number of ether oxygens (including phenoxy) is 2. The van der Waals surface area contributed by atoms with Gasteiger partial charge < -0.3 is 14.6 Å². The quantitative estimate of drug-likeness (QED) is 0.855. The number of nitrogens with zero attached hydrogens (tertiary/aromatic N) is 1. The largest absolute Gasteiger partial charge is 0.478 e. The van der Waals surface area contributed by atoms with Crippen molar-refractivity contribution in [2.45, 2.75) is 44.8 Å². The van der Waals surface area contributed by atoms with E-state index in [1.54, 1.807) is 17.0 Å². The van der Waals surface area contributed by atoms with Crippen molar-refractivity contribution in [3.8, 4) is 0 Å². The molecule has 1 amide bonds. The number of aryl methyl sites for hydroxylation is 1. The van der Waals surface area contributed by atoms with Crippen LogP contribution in [0.1, 0.15) is 48.7 Å². The second-order valence-electron chi connectivity index (χ2n) is 7.39. The van der Waals surface area contributed by atoms with Crippen molar-refractivity contribution < 1.29 is 24.2 Å². The molecular weight excluding hydrogens is 310 g/mol. The SMILES string of the molecule is CC(C)(C)OC(=O)N1CCOC[C@@]12CCc1ccc(C(=O)O)cc12. The molecule has 1 fully saturated rings. The summed E-state index contributed by atoms with van der Waals surface area (Å²) in [5, 5.41) is 9.29. The lowest BCUT2D eigenvalue weighted by atomic mass is 9.88. The number of carboxylic acids is 1. The van der Waals surface area contributed by atoms with E-state index in [4.69, 9.17) is 9.47 Å².